The van der Waals surface area contributed by atoms with Gasteiger partial charge in [0, 0.05) is 43.7 Å². The Labute approximate surface area is 205 Å². The maximum Gasteiger partial charge on any atom is 0.254 e. The number of fused-ring (bicyclic) bond motifs is 1. The quantitative estimate of drug-likeness (QED) is 0.373. The lowest BCUT2D eigenvalue weighted by molar-refractivity contribution is 0.0652. The summed E-state index contributed by atoms with van der Waals surface area (Å²) >= 11 is 0. The van der Waals surface area contributed by atoms with Gasteiger partial charge in [0.2, 0.25) is 0 Å². The van der Waals surface area contributed by atoms with E-state index < -0.39 is 0 Å². The normalized spacial score (nSPS) is 14.6. The number of benzene rings is 3. The third-order valence-electron chi connectivity index (χ3n) is 6.47. The van der Waals surface area contributed by atoms with Crippen molar-refractivity contribution in [1.29, 1.82) is 0 Å². The predicted octanol–water partition coefficient (Wildman–Crippen LogP) is 5.82. The minimum absolute atomic E-state index is 0.0193. The van der Waals surface area contributed by atoms with Gasteiger partial charge in [-0.2, -0.15) is 0 Å². The molecule has 2 heterocycles. The molecule has 1 aliphatic heterocycles. The molecule has 1 amide bonds. The highest BCUT2D eigenvalue weighted by Crippen LogP contribution is 2.27. The standard InChI is InChI=1S/C30H28FN3O/c1-22-9-14-28-26(20-22)27(21-29(32-28)24-10-12-25(31)13-11-24)30(35)34-18-16-33(17-19-34)15-5-8-23-6-3-2-4-7-23/h2-14,20-21H,15-19H2,1H3/b8-5+. The van der Waals surface area contributed by atoms with Crippen molar-refractivity contribution in [3.63, 3.8) is 0 Å². The molecule has 1 fully saturated rings. The van der Waals surface area contributed by atoms with E-state index in [0.29, 0.717) is 24.3 Å². The molecule has 0 spiro atoms. The fraction of sp³-hybridized carbons (Fsp3) is 0.200. The van der Waals surface area contributed by atoms with Gasteiger partial charge in [0.1, 0.15) is 5.82 Å². The van der Waals surface area contributed by atoms with Crippen molar-refractivity contribution < 1.29 is 9.18 Å². The van der Waals surface area contributed by atoms with Crippen LogP contribution in [0.3, 0.4) is 0 Å². The van der Waals surface area contributed by atoms with E-state index in [1.165, 1.54) is 17.7 Å². The summed E-state index contributed by atoms with van der Waals surface area (Å²) in [5.74, 6) is -0.274. The van der Waals surface area contributed by atoms with Gasteiger partial charge in [0.25, 0.3) is 5.91 Å². The molecule has 5 rings (SSSR count). The SMILES string of the molecule is Cc1ccc2nc(-c3ccc(F)cc3)cc(C(=O)N3CCN(C/C=C/c4ccccc4)CC3)c2c1. The average Bonchev–Trinajstić information content (AvgIpc) is 2.89. The van der Waals surface area contributed by atoms with Crippen LogP contribution in [0.1, 0.15) is 21.5 Å². The molecule has 1 aliphatic rings. The number of hydrogen-bond donors (Lipinski definition) is 0. The van der Waals surface area contributed by atoms with Gasteiger partial charge in [0.15, 0.2) is 0 Å². The number of nitrogens with zero attached hydrogens (tertiary/aromatic N) is 3. The number of halogens is 1. The van der Waals surface area contributed by atoms with Crippen molar-refractivity contribution >= 4 is 22.9 Å². The average molecular weight is 466 g/mol. The Morgan fingerprint density at radius 2 is 1.69 bits per heavy atom. The number of carbonyl (C=O) groups is 1. The third kappa shape index (κ3) is 5.31. The Kier molecular flexibility index (Phi) is 6.68. The van der Waals surface area contributed by atoms with E-state index in [-0.39, 0.29) is 11.7 Å². The van der Waals surface area contributed by atoms with Gasteiger partial charge in [-0.25, -0.2) is 9.37 Å². The summed E-state index contributed by atoms with van der Waals surface area (Å²) < 4.78 is 13.5. The second kappa shape index (κ2) is 10.2. The molecular weight excluding hydrogens is 437 g/mol. The monoisotopic (exact) mass is 465 g/mol. The second-order valence-electron chi connectivity index (χ2n) is 8.99. The molecule has 0 N–H and O–H groups in total. The summed E-state index contributed by atoms with van der Waals surface area (Å²) in [6, 6.07) is 24.3. The molecule has 0 aliphatic carbocycles. The van der Waals surface area contributed by atoms with Gasteiger partial charge < -0.3 is 4.90 Å². The maximum atomic E-state index is 13.7. The summed E-state index contributed by atoms with van der Waals surface area (Å²) in [4.78, 5) is 22.7. The summed E-state index contributed by atoms with van der Waals surface area (Å²) in [6.07, 6.45) is 4.32. The Morgan fingerprint density at radius 1 is 0.943 bits per heavy atom. The Bertz CT molecular complexity index is 1360. The van der Waals surface area contributed by atoms with E-state index in [4.69, 9.17) is 4.98 Å². The zero-order valence-corrected chi connectivity index (χ0v) is 19.8. The van der Waals surface area contributed by atoms with E-state index >= 15 is 0 Å². The van der Waals surface area contributed by atoms with Crippen molar-refractivity contribution in [2.45, 2.75) is 6.92 Å². The van der Waals surface area contributed by atoms with Gasteiger partial charge in [-0.05, 0) is 55.0 Å². The minimum Gasteiger partial charge on any atom is -0.336 e. The summed E-state index contributed by atoms with van der Waals surface area (Å²) in [7, 11) is 0. The summed E-state index contributed by atoms with van der Waals surface area (Å²) in [6.45, 7) is 5.90. The van der Waals surface area contributed by atoms with Crippen LogP contribution in [0.2, 0.25) is 0 Å². The van der Waals surface area contributed by atoms with E-state index in [1.54, 1.807) is 12.1 Å². The fourth-order valence-corrected chi connectivity index (χ4v) is 4.49. The summed E-state index contributed by atoms with van der Waals surface area (Å²) in [5, 5.41) is 0.856. The molecule has 0 saturated carbocycles. The van der Waals surface area contributed by atoms with E-state index in [0.717, 1.165) is 41.7 Å². The number of hydrogen-bond acceptors (Lipinski definition) is 3. The first-order valence-electron chi connectivity index (χ1n) is 12.0. The maximum absolute atomic E-state index is 13.7. The van der Waals surface area contributed by atoms with Crippen LogP contribution in [-0.4, -0.2) is 53.4 Å². The molecule has 3 aromatic carbocycles. The van der Waals surface area contributed by atoms with E-state index in [1.807, 2.05) is 54.3 Å². The smallest absolute Gasteiger partial charge is 0.254 e. The van der Waals surface area contributed by atoms with Crippen LogP contribution < -0.4 is 0 Å². The fourth-order valence-electron chi connectivity index (χ4n) is 4.49. The van der Waals surface area contributed by atoms with Gasteiger partial charge in [-0.15, -0.1) is 0 Å². The second-order valence-corrected chi connectivity index (χ2v) is 8.99. The lowest BCUT2D eigenvalue weighted by atomic mass is 10.0. The molecule has 0 unspecified atom stereocenters. The minimum atomic E-state index is -0.294. The highest BCUT2D eigenvalue weighted by molar-refractivity contribution is 6.07. The Balaban J connectivity index is 1.34. The molecule has 0 bridgehead atoms. The molecule has 4 aromatic rings. The zero-order chi connectivity index (χ0) is 24.2. The van der Waals surface area contributed by atoms with Gasteiger partial charge in [-0.3, -0.25) is 9.69 Å². The molecule has 4 nitrogen and oxygen atoms in total. The number of rotatable bonds is 5. The Hall–Kier alpha value is -3.83. The molecule has 0 atom stereocenters. The number of carbonyl (C=O) groups excluding carboxylic acids is 1. The molecule has 176 valence electrons. The Morgan fingerprint density at radius 3 is 2.43 bits per heavy atom. The first-order chi connectivity index (χ1) is 17.1. The molecule has 0 radical (unpaired) electrons. The predicted molar refractivity (Wildman–Crippen MR) is 140 cm³/mol. The number of amides is 1. The molecule has 1 saturated heterocycles. The van der Waals surface area contributed by atoms with Crippen LogP contribution >= 0.6 is 0 Å². The van der Waals surface area contributed by atoms with Crippen LogP contribution in [0, 0.1) is 12.7 Å². The number of piperazine rings is 1. The highest BCUT2D eigenvalue weighted by Gasteiger charge is 2.24. The van der Waals surface area contributed by atoms with Gasteiger partial charge in [0.05, 0.1) is 16.8 Å². The lowest BCUT2D eigenvalue weighted by Gasteiger charge is -2.34. The van der Waals surface area contributed by atoms with Crippen LogP contribution in [0.15, 0.2) is 84.9 Å². The molecule has 35 heavy (non-hydrogen) atoms. The van der Waals surface area contributed by atoms with Gasteiger partial charge in [-0.1, -0.05) is 54.1 Å². The number of aryl methyl sites for hydroxylation is 1. The van der Waals surface area contributed by atoms with Crippen LogP contribution in [-0.2, 0) is 0 Å². The van der Waals surface area contributed by atoms with Crippen LogP contribution in [0.25, 0.3) is 28.2 Å². The topological polar surface area (TPSA) is 36.4 Å². The molecule has 1 aromatic heterocycles. The van der Waals surface area contributed by atoms with Crippen molar-refractivity contribution in [1.82, 2.24) is 14.8 Å². The molecular formula is C30H28FN3O. The number of aromatic nitrogens is 1. The highest BCUT2D eigenvalue weighted by atomic mass is 19.1. The van der Waals surface area contributed by atoms with Crippen molar-refractivity contribution in [3.8, 4) is 11.3 Å². The van der Waals surface area contributed by atoms with E-state index in [9.17, 15) is 9.18 Å². The van der Waals surface area contributed by atoms with Gasteiger partial charge >= 0.3 is 0 Å². The van der Waals surface area contributed by atoms with Crippen molar-refractivity contribution in [2.24, 2.45) is 0 Å². The molecule has 5 heteroatoms. The first kappa shape index (κ1) is 22.9. The van der Waals surface area contributed by atoms with Crippen molar-refractivity contribution in [3.05, 3.63) is 107 Å². The third-order valence-corrected chi connectivity index (χ3v) is 6.47. The van der Waals surface area contributed by atoms with Crippen LogP contribution in [0.5, 0.6) is 0 Å². The van der Waals surface area contributed by atoms with E-state index in [2.05, 4.69) is 29.2 Å². The zero-order valence-electron chi connectivity index (χ0n) is 19.8. The van der Waals surface area contributed by atoms with Crippen LogP contribution in [0.4, 0.5) is 4.39 Å². The number of pyridine rings is 1. The van der Waals surface area contributed by atoms with Crippen molar-refractivity contribution in [2.75, 3.05) is 32.7 Å². The first-order valence-corrected chi connectivity index (χ1v) is 12.0. The largest absolute Gasteiger partial charge is 0.336 e. The lowest BCUT2D eigenvalue weighted by Crippen LogP contribution is -2.48. The summed E-state index contributed by atoms with van der Waals surface area (Å²) in [5.41, 5.74) is 5.16.